The third-order valence-corrected chi connectivity index (χ3v) is 5.69. The van der Waals surface area contributed by atoms with Crippen molar-refractivity contribution in [2.75, 3.05) is 5.75 Å². The molecule has 0 saturated heterocycles. The van der Waals surface area contributed by atoms with Gasteiger partial charge < -0.3 is 0 Å². The van der Waals surface area contributed by atoms with Crippen molar-refractivity contribution >= 4 is 30.6 Å². The molecule has 0 aliphatic heterocycles. The highest BCUT2D eigenvalue weighted by atomic mass is 32.2. The van der Waals surface area contributed by atoms with Crippen molar-refractivity contribution in [3.05, 3.63) is 30.3 Å². The standard InChI is InChI=1S/C19H27NSSi/c1-22(2,3)15-14-19(20-18-12-8-5-9-13-18)21-16-17-10-6-4-7-11-17/h5,8-9,12-13,17H,4,6-7,10-11,16H2,1-3H3. The van der Waals surface area contributed by atoms with Gasteiger partial charge in [0.2, 0.25) is 0 Å². The molecule has 1 nitrogen and oxygen atoms in total. The highest BCUT2D eigenvalue weighted by molar-refractivity contribution is 8.14. The van der Waals surface area contributed by atoms with E-state index in [1.54, 1.807) is 0 Å². The van der Waals surface area contributed by atoms with Crippen LogP contribution >= 0.6 is 11.8 Å². The molecule has 1 saturated carbocycles. The van der Waals surface area contributed by atoms with E-state index in [-0.39, 0.29) is 0 Å². The van der Waals surface area contributed by atoms with Crippen LogP contribution in [0.3, 0.4) is 0 Å². The number of nitrogens with zero attached hydrogens (tertiary/aromatic N) is 1. The second-order valence-electron chi connectivity index (χ2n) is 7.07. The van der Waals surface area contributed by atoms with E-state index in [1.807, 2.05) is 30.0 Å². The maximum absolute atomic E-state index is 4.77. The zero-order chi connectivity index (χ0) is 15.8. The first-order chi connectivity index (χ1) is 10.5. The normalized spacial score (nSPS) is 17.0. The van der Waals surface area contributed by atoms with E-state index in [1.165, 1.54) is 37.9 Å². The molecule has 0 aromatic heterocycles. The molecule has 0 N–H and O–H groups in total. The molecular weight excluding hydrogens is 302 g/mol. The smallest absolute Gasteiger partial charge is 0.146 e. The van der Waals surface area contributed by atoms with Crippen LogP contribution < -0.4 is 0 Å². The fraction of sp³-hybridized carbons (Fsp3) is 0.526. The number of thioether (sulfide) groups is 1. The molecule has 0 spiro atoms. The van der Waals surface area contributed by atoms with Crippen molar-refractivity contribution in [1.82, 2.24) is 0 Å². The molecule has 0 radical (unpaired) electrons. The first-order valence-electron chi connectivity index (χ1n) is 8.33. The third-order valence-electron chi connectivity index (χ3n) is 3.71. The van der Waals surface area contributed by atoms with E-state index >= 15 is 0 Å². The van der Waals surface area contributed by atoms with Crippen LogP contribution in [0.4, 0.5) is 5.69 Å². The Morgan fingerprint density at radius 1 is 1.14 bits per heavy atom. The lowest BCUT2D eigenvalue weighted by molar-refractivity contribution is 0.391. The predicted molar refractivity (Wildman–Crippen MR) is 104 cm³/mol. The summed E-state index contributed by atoms with van der Waals surface area (Å²) in [6.07, 6.45) is 6.98. The summed E-state index contributed by atoms with van der Waals surface area (Å²) in [4.78, 5) is 4.77. The Hall–Kier alpha value is -0.983. The lowest BCUT2D eigenvalue weighted by atomic mass is 9.91. The average Bonchev–Trinajstić information content (AvgIpc) is 2.51. The van der Waals surface area contributed by atoms with Gasteiger partial charge in [0.05, 0.1) is 5.69 Å². The number of hydrogen-bond donors (Lipinski definition) is 0. The van der Waals surface area contributed by atoms with E-state index in [0.29, 0.717) is 0 Å². The van der Waals surface area contributed by atoms with Crippen LogP contribution in [-0.4, -0.2) is 18.9 Å². The second-order valence-corrected chi connectivity index (χ2v) is 12.8. The van der Waals surface area contributed by atoms with Gasteiger partial charge in [0.25, 0.3) is 0 Å². The quantitative estimate of drug-likeness (QED) is 0.290. The number of para-hydroxylation sites is 1. The lowest BCUT2D eigenvalue weighted by Crippen LogP contribution is -2.17. The van der Waals surface area contributed by atoms with Crippen LogP contribution in [0.5, 0.6) is 0 Å². The van der Waals surface area contributed by atoms with Crippen molar-refractivity contribution in [3.8, 4) is 11.5 Å². The molecule has 0 heterocycles. The SMILES string of the molecule is C[Si](C)(C)C#CC(=Nc1ccccc1)SCC1CCCCC1. The van der Waals surface area contributed by atoms with E-state index in [0.717, 1.165) is 16.6 Å². The minimum Gasteiger partial charge on any atom is -0.233 e. The van der Waals surface area contributed by atoms with Gasteiger partial charge >= 0.3 is 0 Å². The summed E-state index contributed by atoms with van der Waals surface area (Å²) in [6, 6.07) is 10.2. The zero-order valence-corrected chi connectivity index (χ0v) is 15.9. The zero-order valence-electron chi connectivity index (χ0n) is 14.1. The summed E-state index contributed by atoms with van der Waals surface area (Å²) in [5.74, 6) is 5.40. The van der Waals surface area contributed by atoms with E-state index in [2.05, 4.69) is 43.2 Å². The highest BCUT2D eigenvalue weighted by Gasteiger charge is 2.14. The number of aliphatic imine (C=N–C) groups is 1. The van der Waals surface area contributed by atoms with Crippen LogP contribution in [0, 0.1) is 17.4 Å². The molecule has 118 valence electrons. The van der Waals surface area contributed by atoms with Gasteiger partial charge in [-0.1, -0.05) is 68.9 Å². The van der Waals surface area contributed by atoms with Crippen LogP contribution in [0.25, 0.3) is 0 Å². The molecule has 3 heteroatoms. The molecule has 0 unspecified atom stereocenters. The summed E-state index contributed by atoms with van der Waals surface area (Å²) >= 11 is 1.86. The fourth-order valence-corrected chi connectivity index (χ4v) is 4.11. The minimum atomic E-state index is -1.36. The van der Waals surface area contributed by atoms with Crippen LogP contribution in [-0.2, 0) is 0 Å². The van der Waals surface area contributed by atoms with Gasteiger partial charge in [0, 0.05) is 5.75 Å². The topological polar surface area (TPSA) is 12.4 Å². The second kappa shape index (κ2) is 8.60. The Bertz CT molecular complexity index is 542. The average molecular weight is 330 g/mol. The number of hydrogen-bond acceptors (Lipinski definition) is 2. The van der Waals surface area contributed by atoms with Crippen molar-refractivity contribution < 1.29 is 0 Å². The van der Waals surface area contributed by atoms with Crippen LogP contribution in [0.2, 0.25) is 19.6 Å². The fourth-order valence-electron chi connectivity index (χ4n) is 2.51. The monoisotopic (exact) mass is 329 g/mol. The largest absolute Gasteiger partial charge is 0.233 e. The summed E-state index contributed by atoms with van der Waals surface area (Å²) in [6.45, 7) is 6.85. The molecule has 1 aromatic carbocycles. The van der Waals surface area contributed by atoms with Gasteiger partial charge in [0.15, 0.2) is 0 Å². The van der Waals surface area contributed by atoms with Gasteiger partial charge in [-0.2, -0.15) is 0 Å². The highest BCUT2D eigenvalue weighted by Crippen LogP contribution is 2.27. The predicted octanol–water partition coefficient (Wildman–Crippen LogP) is 5.91. The van der Waals surface area contributed by atoms with Gasteiger partial charge in [-0.05, 0) is 36.8 Å². The van der Waals surface area contributed by atoms with E-state index < -0.39 is 8.07 Å². The Morgan fingerprint density at radius 2 is 1.82 bits per heavy atom. The third kappa shape index (κ3) is 6.85. The van der Waals surface area contributed by atoms with Gasteiger partial charge in [0.1, 0.15) is 13.1 Å². The first kappa shape index (κ1) is 17.4. The van der Waals surface area contributed by atoms with Gasteiger partial charge in [-0.25, -0.2) is 4.99 Å². The molecule has 22 heavy (non-hydrogen) atoms. The molecule has 0 atom stereocenters. The van der Waals surface area contributed by atoms with Crippen molar-refractivity contribution in [3.63, 3.8) is 0 Å². The van der Waals surface area contributed by atoms with E-state index in [4.69, 9.17) is 4.99 Å². The summed E-state index contributed by atoms with van der Waals surface area (Å²) in [7, 11) is -1.36. The van der Waals surface area contributed by atoms with E-state index in [9.17, 15) is 0 Å². The summed E-state index contributed by atoms with van der Waals surface area (Å²) in [5, 5.41) is 0.999. The Kier molecular flexibility index (Phi) is 6.79. The van der Waals surface area contributed by atoms with Crippen LogP contribution in [0.15, 0.2) is 35.3 Å². The summed E-state index contributed by atoms with van der Waals surface area (Å²) in [5.41, 5.74) is 4.48. The summed E-state index contributed by atoms with van der Waals surface area (Å²) < 4.78 is 0. The first-order valence-corrected chi connectivity index (χ1v) is 12.8. The van der Waals surface area contributed by atoms with Crippen LogP contribution in [0.1, 0.15) is 32.1 Å². The molecular formula is C19H27NSSi. The lowest BCUT2D eigenvalue weighted by Gasteiger charge is -2.20. The Morgan fingerprint density at radius 3 is 2.45 bits per heavy atom. The molecule has 0 bridgehead atoms. The molecule has 0 amide bonds. The molecule has 1 aliphatic carbocycles. The molecule has 1 fully saturated rings. The van der Waals surface area contributed by atoms with Crippen molar-refractivity contribution in [2.24, 2.45) is 10.9 Å². The Labute approximate surface area is 141 Å². The van der Waals surface area contributed by atoms with Gasteiger partial charge in [-0.3, -0.25) is 0 Å². The molecule has 1 aromatic rings. The maximum atomic E-state index is 4.77. The maximum Gasteiger partial charge on any atom is 0.146 e. The Balaban J connectivity index is 2.07. The molecule has 2 rings (SSSR count). The molecule has 1 aliphatic rings. The number of benzene rings is 1. The number of rotatable bonds is 3. The van der Waals surface area contributed by atoms with Crippen molar-refractivity contribution in [1.29, 1.82) is 0 Å². The van der Waals surface area contributed by atoms with Gasteiger partial charge in [-0.15, -0.1) is 5.54 Å². The minimum absolute atomic E-state index is 0.855. The van der Waals surface area contributed by atoms with Crippen molar-refractivity contribution in [2.45, 2.75) is 51.7 Å².